The SMILES string of the molecule is Clc1ccc2ncc(-c3ccnc(-n4cccn4)c3)n2c1. The van der Waals surface area contributed by atoms with Crippen LogP contribution in [0.5, 0.6) is 0 Å². The zero-order valence-corrected chi connectivity index (χ0v) is 11.6. The van der Waals surface area contributed by atoms with Crippen LogP contribution in [0.1, 0.15) is 0 Å². The molecular weight excluding hydrogens is 286 g/mol. The molecule has 0 amide bonds. The van der Waals surface area contributed by atoms with Gasteiger partial charge in [0.25, 0.3) is 0 Å². The largest absolute Gasteiger partial charge is 0.298 e. The lowest BCUT2D eigenvalue weighted by atomic mass is 10.2. The summed E-state index contributed by atoms with van der Waals surface area (Å²) in [5.41, 5.74) is 2.82. The van der Waals surface area contributed by atoms with Gasteiger partial charge in [0.15, 0.2) is 5.82 Å². The molecule has 6 heteroatoms. The molecule has 21 heavy (non-hydrogen) atoms. The first-order valence-corrected chi connectivity index (χ1v) is 6.78. The molecule has 0 N–H and O–H groups in total. The van der Waals surface area contributed by atoms with E-state index in [2.05, 4.69) is 15.1 Å². The highest BCUT2D eigenvalue weighted by molar-refractivity contribution is 6.30. The van der Waals surface area contributed by atoms with Gasteiger partial charge >= 0.3 is 0 Å². The van der Waals surface area contributed by atoms with E-state index in [1.165, 1.54) is 0 Å². The molecule has 4 heterocycles. The second-order valence-corrected chi connectivity index (χ2v) is 5.01. The van der Waals surface area contributed by atoms with E-state index in [4.69, 9.17) is 11.6 Å². The Morgan fingerprint density at radius 1 is 1.05 bits per heavy atom. The maximum atomic E-state index is 6.07. The molecule has 4 aromatic rings. The molecule has 0 aliphatic rings. The average Bonchev–Trinajstić information content (AvgIpc) is 3.16. The molecule has 5 nitrogen and oxygen atoms in total. The van der Waals surface area contributed by atoms with E-state index in [9.17, 15) is 0 Å². The van der Waals surface area contributed by atoms with E-state index in [-0.39, 0.29) is 0 Å². The van der Waals surface area contributed by atoms with Gasteiger partial charge in [-0.1, -0.05) is 11.6 Å². The molecule has 0 bridgehead atoms. The van der Waals surface area contributed by atoms with Crippen LogP contribution in [0.3, 0.4) is 0 Å². The van der Waals surface area contributed by atoms with E-state index in [0.717, 1.165) is 22.7 Å². The first-order valence-electron chi connectivity index (χ1n) is 6.40. The highest BCUT2D eigenvalue weighted by atomic mass is 35.5. The van der Waals surface area contributed by atoms with Gasteiger partial charge in [-0.05, 0) is 30.3 Å². The highest BCUT2D eigenvalue weighted by Crippen LogP contribution is 2.23. The summed E-state index contributed by atoms with van der Waals surface area (Å²) in [5, 5.41) is 4.87. The van der Waals surface area contributed by atoms with Crippen LogP contribution >= 0.6 is 11.6 Å². The molecule has 0 aliphatic heterocycles. The number of rotatable bonds is 2. The fourth-order valence-corrected chi connectivity index (χ4v) is 2.44. The minimum absolute atomic E-state index is 0.670. The Morgan fingerprint density at radius 2 is 2.00 bits per heavy atom. The topological polar surface area (TPSA) is 48.0 Å². The fraction of sp³-hybridized carbons (Fsp3) is 0. The van der Waals surface area contributed by atoms with Crippen molar-refractivity contribution >= 4 is 17.2 Å². The van der Waals surface area contributed by atoms with Crippen molar-refractivity contribution in [3.63, 3.8) is 0 Å². The first-order chi connectivity index (χ1) is 10.3. The number of hydrogen-bond donors (Lipinski definition) is 0. The molecule has 0 aromatic carbocycles. The van der Waals surface area contributed by atoms with Crippen molar-refractivity contribution in [3.8, 4) is 17.1 Å². The summed E-state index contributed by atoms with van der Waals surface area (Å²) in [4.78, 5) is 8.72. The molecule has 0 fully saturated rings. The zero-order valence-electron chi connectivity index (χ0n) is 10.9. The maximum absolute atomic E-state index is 6.07. The molecule has 102 valence electrons. The number of pyridine rings is 2. The van der Waals surface area contributed by atoms with Crippen LogP contribution in [0.2, 0.25) is 5.02 Å². The minimum Gasteiger partial charge on any atom is -0.298 e. The number of aromatic nitrogens is 5. The molecule has 4 aromatic heterocycles. The lowest BCUT2D eigenvalue weighted by Crippen LogP contribution is -1.98. The molecule has 0 saturated carbocycles. The van der Waals surface area contributed by atoms with Crippen LogP contribution in [-0.4, -0.2) is 24.1 Å². The molecule has 0 unspecified atom stereocenters. The monoisotopic (exact) mass is 295 g/mol. The van der Waals surface area contributed by atoms with Gasteiger partial charge in [0, 0.05) is 30.4 Å². The zero-order chi connectivity index (χ0) is 14.2. The Labute approximate surface area is 125 Å². The Hall–Kier alpha value is -2.66. The van der Waals surface area contributed by atoms with Crippen LogP contribution in [0.4, 0.5) is 0 Å². The van der Waals surface area contributed by atoms with Crippen molar-refractivity contribution in [1.29, 1.82) is 0 Å². The second-order valence-electron chi connectivity index (χ2n) is 4.57. The summed E-state index contributed by atoms with van der Waals surface area (Å²) >= 11 is 6.07. The Morgan fingerprint density at radius 3 is 2.86 bits per heavy atom. The van der Waals surface area contributed by atoms with Gasteiger partial charge in [-0.3, -0.25) is 4.40 Å². The number of hydrogen-bond acceptors (Lipinski definition) is 3. The first kappa shape index (κ1) is 12.1. The normalized spacial score (nSPS) is 11.1. The number of imidazole rings is 1. The van der Waals surface area contributed by atoms with Crippen molar-refractivity contribution in [2.24, 2.45) is 0 Å². The third-order valence-electron chi connectivity index (χ3n) is 3.25. The van der Waals surface area contributed by atoms with E-state index in [1.807, 2.05) is 53.3 Å². The third-order valence-corrected chi connectivity index (χ3v) is 3.47. The summed E-state index contributed by atoms with van der Waals surface area (Å²) < 4.78 is 3.68. The van der Waals surface area contributed by atoms with Gasteiger partial charge in [-0.2, -0.15) is 5.10 Å². The standard InChI is InChI=1S/C15H10ClN5/c16-12-2-3-14-18-9-13(20(14)10-12)11-4-6-17-15(8-11)21-7-1-5-19-21/h1-10H. The lowest BCUT2D eigenvalue weighted by molar-refractivity contribution is 0.847. The Bertz CT molecular complexity index is 911. The van der Waals surface area contributed by atoms with E-state index >= 15 is 0 Å². The van der Waals surface area contributed by atoms with Crippen molar-refractivity contribution in [1.82, 2.24) is 24.1 Å². The van der Waals surface area contributed by atoms with Crippen molar-refractivity contribution in [2.45, 2.75) is 0 Å². The molecular formula is C15H10ClN5. The van der Waals surface area contributed by atoms with Crippen LogP contribution in [0.15, 0.2) is 61.3 Å². The van der Waals surface area contributed by atoms with Gasteiger partial charge in [-0.15, -0.1) is 0 Å². The number of fused-ring (bicyclic) bond motifs is 1. The van der Waals surface area contributed by atoms with E-state index in [0.29, 0.717) is 5.02 Å². The van der Waals surface area contributed by atoms with Gasteiger partial charge < -0.3 is 0 Å². The van der Waals surface area contributed by atoms with Crippen LogP contribution in [0, 0.1) is 0 Å². The van der Waals surface area contributed by atoms with Gasteiger partial charge in [0.2, 0.25) is 0 Å². The molecule has 0 spiro atoms. The smallest absolute Gasteiger partial charge is 0.153 e. The Balaban J connectivity index is 1.89. The minimum atomic E-state index is 0.670. The predicted octanol–water partition coefficient (Wildman–Crippen LogP) is 3.24. The average molecular weight is 296 g/mol. The number of nitrogens with zero attached hydrogens (tertiary/aromatic N) is 5. The van der Waals surface area contributed by atoms with Crippen molar-refractivity contribution in [3.05, 3.63) is 66.3 Å². The van der Waals surface area contributed by atoms with Crippen LogP contribution in [-0.2, 0) is 0 Å². The summed E-state index contributed by atoms with van der Waals surface area (Å²) in [6, 6.07) is 9.49. The molecule has 0 radical (unpaired) electrons. The molecule has 0 atom stereocenters. The van der Waals surface area contributed by atoms with Crippen LogP contribution < -0.4 is 0 Å². The summed E-state index contributed by atoms with van der Waals surface area (Å²) in [6.45, 7) is 0. The van der Waals surface area contributed by atoms with Crippen molar-refractivity contribution in [2.75, 3.05) is 0 Å². The highest BCUT2D eigenvalue weighted by Gasteiger charge is 2.08. The second kappa shape index (κ2) is 4.71. The molecule has 4 rings (SSSR count). The molecule has 0 saturated heterocycles. The van der Waals surface area contributed by atoms with Gasteiger partial charge in [-0.25, -0.2) is 14.6 Å². The molecule has 0 aliphatic carbocycles. The summed E-state index contributed by atoms with van der Waals surface area (Å²) in [7, 11) is 0. The third kappa shape index (κ3) is 2.08. The van der Waals surface area contributed by atoms with Crippen molar-refractivity contribution < 1.29 is 0 Å². The predicted molar refractivity (Wildman–Crippen MR) is 80.6 cm³/mol. The maximum Gasteiger partial charge on any atom is 0.153 e. The lowest BCUT2D eigenvalue weighted by Gasteiger charge is -2.05. The van der Waals surface area contributed by atoms with Gasteiger partial charge in [0.1, 0.15) is 5.65 Å². The quantitative estimate of drug-likeness (QED) is 0.570. The van der Waals surface area contributed by atoms with E-state index in [1.54, 1.807) is 17.1 Å². The Kier molecular flexibility index (Phi) is 2.72. The summed E-state index contributed by atoms with van der Waals surface area (Å²) in [5.74, 6) is 0.759. The summed E-state index contributed by atoms with van der Waals surface area (Å²) in [6.07, 6.45) is 9.03. The van der Waals surface area contributed by atoms with Gasteiger partial charge in [0.05, 0.1) is 16.9 Å². The fourth-order valence-electron chi connectivity index (χ4n) is 2.28. The van der Waals surface area contributed by atoms with Crippen LogP contribution in [0.25, 0.3) is 22.7 Å². The number of halogens is 1. The van der Waals surface area contributed by atoms with E-state index < -0.39 is 0 Å².